The Labute approximate surface area is 186 Å². The zero-order valence-corrected chi connectivity index (χ0v) is 17.7. The third-order valence-electron chi connectivity index (χ3n) is 5.08. The molecule has 0 radical (unpaired) electrons. The highest BCUT2D eigenvalue weighted by atomic mass is 19.3. The molecule has 0 aliphatic carbocycles. The van der Waals surface area contributed by atoms with Crippen molar-refractivity contribution < 1.29 is 22.4 Å². The fourth-order valence-electron chi connectivity index (χ4n) is 3.64. The molecule has 3 heterocycles. The van der Waals surface area contributed by atoms with Crippen LogP contribution < -0.4 is 10.4 Å². The molecule has 1 fully saturated rings. The van der Waals surface area contributed by atoms with E-state index in [4.69, 9.17) is 0 Å². The molecule has 33 heavy (non-hydrogen) atoms. The third kappa shape index (κ3) is 4.62. The Balaban J connectivity index is 1.65. The maximum absolute atomic E-state index is 15.2. The second-order valence-corrected chi connectivity index (χ2v) is 7.45. The summed E-state index contributed by atoms with van der Waals surface area (Å²) in [6.07, 6.45) is -1.81. The summed E-state index contributed by atoms with van der Waals surface area (Å²) < 4.78 is 55.5. The molecule has 1 amide bonds. The van der Waals surface area contributed by atoms with Crippen LogP contribution in [0.3, 0.4) is 0 Å². The van der Waals surface area contributed by atoms with Gasteiger partial charge in [0, 0.05) is 6.07 Å². The molecule has 2 aromatic heterocycles. The highest BCUT2D eigenvalue weighted by molar-refractivity contribution is 5.98. The monoisotopic (exact) mass is 464 g/mol. The third-order valence-corrected chi connectivity index (χ3v) is 5.08. The van der Waals surface area contributed by atoms with Crippen LogP contribution in [0.5, 0.6) is 0 Å². The van der Waals surface area contributed by atoms with Crippen LogP contribution in [0.15, 0.2) is 36.7 Å². The number of amides is 1. The van der Waals surface area contributed by atoms with Gasteiger partial charge < -0.3 is 4.90 Å². The molecule has 0 saturated carbocycles. The number of alkyl halides is 3. The predicted molar refractivity (Wildman–Crippen MR) is 109 cm³/mol. The lowest BCUT2D eigenvalue weighted by molar-refractivity contribution is 0.0384. The average molecular weight is 464 g/mol. The Kier molecular flexibility index (Phi) is 6.22. The number of anilines is 1. The van der Waals surface area contributed by atoms with E-state index >= 15 is 4.39 Å². The first kappa shape index (κ1) is 22.6. The lowest BCUT2D eigenvalue weighted by atomic mass is 10.1. The Morgan fingerprint density at radius 2 is 1.91 bits per heavy atom. The van der Waals surface area contributed by atoms with Gasteiger partial charge in [-0.15, -0.1) is 0 Å². The molecule has 174 valence electrons. The summed E-state index contributed by atoms with van der Waals surface area (Å²) in [6, 6.07) is 3.85. The van der Waals surface area contributed by atoms with Crippen LogP contribution >= 0.6 is 0 Å². The summed E-state index contributed by atoms with van der Waals surface area (Å²) in [7, 11) is 0. The van der Waals surface area contributed by atoms with E-state index in [1.165, 1.54) is 30.4 Å². The molecule has 0 bridgehead atoms. The lowest BCUT2D eigenvalue weighted by Crippen LogP contribution is -2.47. The van der Waals surface area contributed by atoms with Crippen molar-refractivity contribution in [1.29, 1.82) is 0 Å². The van der Waals surface area contributed by atoms with Crippen molar-refractivity contribution in [2.45, 2.75) is 32.6 Å². The van der Waals surface area contributed by atoms with Crippen LogP contribution in [0.1, 0.15) is 35.2 Å². The summed E-state index contributed by atoms with van der Waals surface area (Å²) in [6.45, 7) is 2.75. The van der Waals surface area contributed by atoms with Crippen molar-refractivity contribution in [3.8, 4) is 5.69 Å². The van der Waals surface area contributed by atoms with E-state index in [0.29, 0.717) is 0 Å². The molecule has 0 spiro atoms. The number of nitrogens with zero attached hydrogens (tertiary/aromatic N) is 7. The van der Waals surface area contributed by atoms with E-state index in [1.54, 1.807) is 6.92 Å². The zero-order chi connectivity index (χ0) is 23.7. The first-order valence-electron chi connectivity index (χ1n) is 10.0. The number of benzene rings is 1. The van der Waals surface area contributed by atoms with Crippen LogP contribution in [0, 0.1) is 12.7 Å². The minimum absolute atomic E-state index is 0.0238. The quantitative estimate of drug-likeness (QED) is 0.469. The van der Waals surface area contributed by atoms with Crippen LogP contribution in [0.4, 0.5) is 23.4 Å². The number of nitrogens with one attached hydrogen (secondary N) is 1. The van der Waals surface area contributed by atoms with Crippen molar-refractivity contribution >= 4 is 11.7 Å². The van der Waals surface area contributed by atoms with Gasteiger partial charge in [-0.1, -0.05) is 0 Å². The van der Waals surface area contributed by atoms with Gasteiger partial charge in [0.25, 0.3) is 12.3 Å². The summed E-state index contributed by atoms with van der Waals surface area (Å²) in [5, 5.41) is 9.33. The molecular formula is C20H20F4N8O. The molecule has 1 saturated heterocycles. The van der Waals surface area contributed by atoms with Gasteiger partial charge in [0.05, 0.1) is 42.8 Å². The number of hydrogen-bond acceptors (Lipinski definition) is 7. The number of aryl methyl sites for hydroxylation is 1. The van der Waals surface area contributed by atoms with Crippen molar-refractivity contribution in [3.05, 3.63) is 59.6 Å². The summed E-state index contributed by atoms with van der Waals surface area (Å²) in [5.41, 5.74) is 2.39. The van der Waals surface area contributed by atoms with E-state index < -0.39 is 36.2 Å². The van der Waals surface area contributed by atoms with Gasteiger partial charge in [0.15, 0.2) is 6.30 Å². The number of hydrogen-bond donors (Lipinski definition) is 1. The van der Waals surface area contributed by atoms with Crippen LogP contribution in [-0.2, 0) is 0 Å². The second-order valence-electron chi connectivity index (χ2n) is 7.45. The normalized spacial score (nSPS) is 19.1. The number of halogens is 4. The molecule has 4 rings (SSSR count). The summed E-state index contributed by atoms with van der Waals surface area (Å²) >= 11 is 0. The summed E-state index contributed by atoms with van der Waals surface area (Å²) in [5.74, 6) is -1.19. The number of aromatic nitrogens is 5. The maximum atomic E-state index is 15.2. The Morgan fingerprint density at radius 3 is 2.61 bits per heavy atom. The van der Waals surface area contributed by atoms with Crippen molar-refractivity contribution in [1.82, 2.24) is 35.3 Å². The van der Waals surface area contributed by atoms with E-state index in [-0.39, 0.29) is 36.0 Å². The van der Waals surface area contributed by atoms with Gasteiger partial charge in [0.2, 0.25) is 0 Å². The second kappa shape index (κ2) is 9.10. The van der Waals surface area contributed by atoms with Gasteiger partial charge in [-0.3, -0.25) is 9.80 Å². The molecule has 1 aliphatic rings. The van der Waals surface area contributed by atoms with Gasteiger partial charge in [-0.2, -0.15) is 15.0 Å². The SMILES string of the molecule is Cc1nc(C(F)F)cc(N2C[C@H](C)N(C(=O)c3cc(F)ccc3-n3nccn3)[C@H](F)CN2)n1. The number of carbonyl (C=O) groups excluding carboxylic acids is 1. The molecule has 1 aromatic carbocycles. The predicted octanol–water partition coefficient (Wildman–Crippen LogP) is 2.59. The first-order valence-corrected chi connectivity index (χ1v) is 10.0. The van der Waals surface area contributed by atoms with Gasteiger partial charge in [-0.05, 0) is 32.0 Å². The summed E-state index contributed by atoms with van der Waals surface area (Å²) in [4.78, 5) is 23.3. The Bertz CT molecular complexity index is 1140. The van der Waals surface area contributed by atoms with Crippen LogP contribution in [-0.4, -0.2) is 61.2 Å². The van der Waals surface area contributed by atoms with E-state index in [1.807, 2.05) is 0 Å². The van der Waals surface area contributed by atoms with Gasteiger partial charge in [0.1, 0.15) is 23.2 Å². The molecule has 0 unspecified atom stereocenters. The van der Waals surface area contributed by atoms with Crippen molar-refractivity contribution in [2.24, 2.45) is 0 Å². The van der Waals surface area contributed by atoms with Crippen LogP contribution in [0.2, 0.25) is 0 Å². The lowest BCUT2D eigenvalue weighted by Gasteiger charge is -2.30. The molecule has 3 aromatic rings. The minimum atomic E-state index is -2.80. The topological polar surface area (TPSA) is 92.1 Å². The minimum Gasteiger partial charge on any atom is -0.303 e. The van der Waals surface area contributed by atoms with Crippen molar-refractivity contribution in [2.75, 3.05) is 18.1 Å². The number of hydrazine groups is 1. The standard InChI is InChI=1S/C20H20F4N8O/c1-11-10-30(18-8-15(19(23)24)28-12(2)29-18)27-9-17(22)31(11)20(33)14-7-13(21)3-4-16(14)32-25-5-6-26-32/h3-8,11,17,19,27H,9-10H2,1-2H3/t11-,17-/m0/s1. The molecular weight excluding hydrogens is 444 g/mol. The molecule has 9 nitrogen and oxygen atoms in total. The van der Waals surface area contributed by atoms with E-state index in [0.717, 1.165) is 27.9 Å². The fraction of sp³-hybridized carbons (Fsp3) is 0.350. The highest BCUT2D eigenvalue weighted by Gasteiger charge is 2.35. The van der Waals surface area contributed by atoms with Crippen molar-refractivity contribution in [3.63, 3.8) is 0 Å². The molecule has 1 aliphatic heterocycles. The molecule has 2 atom stereocenters. The van der Waals surface area contributed by atoms with Gasteiger partial charge >= 0.3 is 0 Å². The highest BCUT2D eigenvalue weighted by Crippen LogP contribution is 2.25. The first-order chi connectivity index (χ1) is 15.7. The fourth-order valence-corrected chi connectivity index (χ4v) is 3.64. The average Bonchev–Trinajstić information content (AvgIpc) is 3.25. The van der Waals surface area contributed by atoms with E-state index in [9.17, 15) is 18.0 Å². The van der Waals surface area contributed by atoms with E-state index in [2.05, 4.69) is 25.6 Å². The van der Waals surface area contributed by atoms with Gasteiger partial charge in [-0.25, -0.2) is 33.0 Å². The maximum Gasteiger partial charge on any atom is 0.280 e. The Hall–Kier alpha value is -3.61. The Morgan fingerprint density at radius 1 is 1.18 bits per heavy atom. The largest absolute Gasteiger partial charge is 0.303 e. The smallest absolute Gasteiger partial charge is 0.280 e. The zero-order valence-electron chi connectivity index (χ0n) is 17.7. The number of rotatable bonds is 4. The molecule has 1 N–H and O–H groups in total. The number of carbonyl (C=O) groups is 1. The van der Waals surface area contributed by atoms with Crippen LogP contribution in [0.25, 0.3) is 5.69 Å². The molecule has 13 heteroatoms.